The topological polar surface area (TPSA) is 61.9 Å². The lowest BCUT2D eigenvalue weighted by atomic mass is 9.96. The standard InChI is InChI=1S/C24H35N3O3/c28-23(25-19-9-4-2-1-3-5-10-19)22-20-11-6-7-12-21(20)24(29)27(22)14-8-13-26-15-17-30-18-16-26/h6-7,11-12,19,22H,1-5,8-10,13-18H2,(H,25,28)/t22-/m1/s1. The van der Waals surface area contributed by atoms with E-state index in [1.165, 1.54) is 32.1 Å². The van der Waals surface area contributed by atoms with Gasteiger partial charge in [-0.2, -0.15) is 0 Å². The molecule has 6 nitrogen and oxygen atoms in total. The van der Waals surface area contributed by atoms with Crippen LogP contribution >= 0.6 is 0 Å². The highest BCUT2D eigenvalue weighted by Gasteiger charge is 2.41. The Morgan fingerprint density at radius 3 is 2.47 bits per heavy atom. The molecule has 1 saturated heterocycles. The maximum atomic E-state index is 13.4. The number of carbonyl (C=O) groups is 2. The molecule has 164 valence electrons. The Morgan fingerprint density at radius 1 is 1.00 bits per heavy atom. The zero-order chi connectivity index (χ0) is 20.8. The minimum absolute atomic E-state index is 0.00889. The SMILES string of the molecule is O=C(NC1CCCCCCC1)[C@H]1c2ccccc2C(=O)N1CCCN1CCOCC1. The summed E-state index contributed by atoms with van der Waals surface area (Å²) in [7, 11) is 0. The van der Waals surface area contributed by atoms with Crippen LogP contribution in [0.1, 0.15) is 73.3 Å². The number of nitrogens with one attached hydrogen (secondary N) is 1. The molecule has 0 spiro atoms. The van der Waals surface area contributed by atoms with E-state index in [0.29, 0.717) is 12.1 Å². The maximum Gasteiger partial charge on any atom is 0.255 e. The van der Waals surface area contributed by atoms with Gasteiger partial charge in [0.05, 0.1) is 13.2 Å². The lowest BCUT2D eigenvalue weighted by Gasteiger charge is -2.30. The fourth-order valence-electron chi connectivity index (χ4n) is 5.05. The number of morpholine rings is 1. The lowest BCUT2D eigenvalue weighted by molar-refractivity contribution is -0.126. The molecule has 1 atom stereocenters. The van der Waals surface area contributed by atoms with Crippen molar-refractivity contribution in [2.24, 2.45) is 0 Å². The Bertz CT molecular complexity index is 724. The van der Waals surface area contributed by atoms with Crippen molar-refractivity contribution in [3.05, 3.63) is 35.4 Å². The largest absolute Gasteiger partial charge is 0.379 e. The maximum absolute atomic E-state index is 13.4. The van der Waals surface area contributed by atoms with E-state index in [0.717, 1.165) is 57.7 Å². The molecule has 1 saturated carbocycles. The van der Waals surface area contributed by atoms with Gasteiger partial charge in [-0.3, -0.25) is 14.5 Å². The van der Waals surface area contributed by atoms with Crippen molar-refractivity contribution in [3.63, 3.8) is 0 Å². The van der Waals surface area contributed by atoms with Crippen LogP contribution in [-0.4, -0.2) is 67.0 Å². The Labute approximate surface area is 179 Å². The summed E-state index contributed by atoms with van der Waals surface area (Å²) in [6, 6.07) is 7.35. The van der Waals surface area contributed by atoms with E-state index in [9.17, 15) is 9.59 Å². The third-order valence-electron chi connectivity index (χ3n) is 6.74. The van der Waals surface area contributed by atoms with Gasteiger partial charge in [0.15, 0.2) is 0 Å². The van der Waals surface area contributed by atoms with Gasteiger partial charge in [0, 0.05) is 37.8 Å². The van der Waals surface area contributed by atoms with E-state index in [2.05, 4.69) is 10.2 Å². The number of carbonyl (C=O) groups excluding carboxylic acids is 2. The first-order chi connectivity index (χ1) is 14.7. The highest BCUT2D eigenvalue weighted by atomic mass is 16.5. The molecule has 0 bridgehead atoms. The molecule has 1 aliphatic carbocycles. The summed E-state index contributed by atoms with van der Waals surface area (Å²) in [5, 5.41) is 3.30. The molecule has 0 unspecified atom stereocenters. The zero-order valence-electron chi connectivity index (χ0n) is 18.0. The van der Waals surface area contributed by atoms with Gasteiger partial charge in [-0.15, -0.1) is 0 Å². The molecule has 0 radical (unpaired) electrons. The molecule has 0 aromatic heterocycles. The minimum atomic E-state index is -0.496. The molecule has 3 aliphatic rings. The second kappa shape index (κ2) is 10.4. The summed E-state index contributed by atoms with van der Waals surface area (Å²) in [5.74, 6) is -0.0179. The van der Waals surface area contributed by atoms with E-state index < -0.39 is 6.04 Å². The van der Waals surface area contributed by atoms with Gasteiger partial charge in [-0.1, -0.05) is 50.3 Å². The van der Waals surface area contributed by atoms with Crippen LogP contribution in [0.4, 0.5) is 0 Å². The normalized spacial score (nSPS) is 23.7. The van der Waals surface area contributed by atoms with Gasteiger partial charge in [-0.05, 0) is 30.9 Å². The quantitative estimate of drug-likeness (QED) is 0.778. The highest BCUT2D eigenvalue weighted by Crippen LogP contribution is 2.34. The number of amides is 2. The summed E-state index contributed by atoms with van der Waals surface area (Å²) < 4.78 is 5.42. The molecule has 1 N–H and O–H groups in total. The molecular weight excluding hydrogens is 378 g/mol. The van der Waals surface area contributed by atoms with Gasteiger partial charge >= 0.3 is 0 Å². The van der Waals surface area contributed by atoms with Crippen molar-refractivity contribution in [2.75, 3.05) is 39.4 Å². The molecule has 30 heavy (non-hydrogen) atoms. The third kappa shape index (κ3) is 5.03. The molecule has 2 fully saturated rings. The Balaban J connectivity index is 1.42. The summed E-state index contributed by atoms with van der Waals surface area (Å²) in [5.41, 5.74) is 1.54. The number of benzene rings is 1. The van der Waals surface area contributed by atoms with Gasteiger partial charge in [0.1, 0.15) is 6.04 Å². The van der Waals surface area contributed by atoms with Crippen LogP contribution in [0.2, 0.25) is 0 Å². The molecular formula is C24H35N3O3. The lowest BCUT2D eigenvalue weighted by Crippen LogP contribution is -2.44. The van der Waals surface area contributed by atoms with Crippen LogP contribution in [0.5, 0.6) is 0 Å². The van der Waals surface area contributed by atoms with Crippen molar-refractivity contribution >= 4 is 11.8 Å². The third-order valence-corrected chi connectivity index (χ3v) is 6.74. The molecule has 2 heterocycles. The van der Waals surface area contributed by atoms with Crippen molar-refractivity contribution in [2.45, 2.75) is 63.5 Å². The van der Waals surface area contributed by atoms with Crippen molar-refractivity contribution < 1.29 is 14.3 Å². The van der Waals surface area contributed by atoms with Gasteiger partial charge in [0.25, 0.3) is 5.91 Å². The first-order valence-electron chi connectivity index (χ1n) is 11.7. The zero-order valence-corrected chi connectivity index (χ0v) is 18.0. The number of rotatable bonds is 6. The van der Waals surface area contributed by atoms with Crippen LogP contribution in [0, 0.1) is 0 Å². The first-order valence-corrected chi connectivity index (χ1v) is 11.7. The number of hydrogen-bond donors (Lipinski definition) is 1. The molecule has 1 aromatic rings. The summed E-state index contributed by atoms with van der Waals surface area (Å²) in [6.07, 6.45) is 9.13. The Kier molecular flexibility index (Phi) is 7.39. The number of nitrogens with zero attached hydrogens (tertiary/aromatic N) is 2. The molecule has 4 rings (SSSR count). The van der Waals surface area contributed by atoms with Crippen LogP contribution < -0.4 is 5.32 Å². The smallest absolute Gasteiger partial charge is 0.255 e. The highest BCUT2D eigenvalue weighted by molar-refractivity contribution is 6.04. The fraction of sp³-hybridized carbons (Fsp3) is 0.667. The van der Waals surface area contributed by atoms with Gasteiger partial charge in [0.2, 0.25) is 5.91 Å². The van der Waals surface area contributed by atoms with E-state index in [1.54, 1.807) is 4.90 Å². The summed E-state index contributed by atoms with van der Waals surface area (Å²) in [6.45, 7) is 4.98. The molecule has 6 heteroatoms. The Morgan fingerprint density at radius 2 is 1.70 bits per heavy atom. The van der Waals surface area contributed by atoms with Crippen molar-refractivity contribution in [3.8, 4) is 0 Å². The van der Waals surface area contributed by atoms with Crippen LogP contribution in [0.15, 0.2) is 24.3 Å². The minimum Gasteiger partial charge on any atom is -0.379 e. The molecule has 1 aromatic carbocycles. The average Bonchev–Trinajstić information content (AvgIpc) is 3.03. The average molecular weight is 414 g/mol. The molecule has 2 aliphatic heterocycles. The van der Waals surface area contributed by atoms with Crippen molar-refractivity contribution in [1.29, 1.82) is 0 Å². The number of fused-ring (bicyclic) bond motifs is 1. The predicted molar refractivity (Wildman–Crippen MR) is 116 cm³/mol. The predicted octanol–water partition coefficient (Wildman–Crippen LogP) is 3.13. The fourth-order valence-corrected chi connectivity index (χ4v) is 5.05. The van der Waals surface area contributed by atoms with E-state index in [4.69, 9.17) is 4.74 Å². The van der Waals surface area contributed by atoms with Crippen LogP contribution in [-0.2, 0) is 9.53 Å². The summed E-state index contributed by atoms with van der Waals surface area (Å²) >= 11 is 0. The second-order valence-corrected chi connectivity index (χ2v) is 8.85. The molecule has 2 amide bonds. The monoisotopic (exact) mass is 413 g/mol. The van der Waals surface area contributed by atoms with Crippen LogP contribution in [0.25, 0.3) is 0 Å². The van der Waals surface area contributed by atoms with E-state index >= 15 is 0 Å². The van der Waals surface area contributed by atoms with Gasteiger partial charge in [-0.25, -0.2) is 0 Å². The first kappa shape index (κ1) is 21.3. The van der Waals surface area contributed by atoms with E-state index in [1.807, 2.05) is 24.3 Å². The number of hydrogen-bond acceptors (Lipinski definition) is 4. The van der Waals surface area contributed by atoms with Gasteiger partial charge < -0.3 is 15.0 Å². The van der Waals surface area contributed by atoms with Crippen LogP contribution in [0.3, 0.4) is 0 Å². The number of ether oxygens (including phenoxy) is 1. The summed E-state index contributed by atoms with van der Waals surface area (Å²) in [4.78, 5) is 30.6. The Hall–Kier alpha value is -1.92. The second-order valence-electron chi connectivity index (χ2n) is 8.85. The van der Waals surface area contributed by atoms with Crippen molar-refractivity contribution in [1.82, 2.24) is 15.1 Å². The van der Waals surface area contributed by atoms with E-state index in [-0.39, 0.29) is 17.9 Å².